The summed E-state index contributed by atoms with van der Waals surface area (Å²) in [6, 6.07) is 13.7. The van der Waals surface area contributed by atoms with E-state index in [9.17, 15) is 13.2 Å². The van der Waals surface area contributed by atoms with E-state index in [0.717, 1.165) is 24.6 Å². The summed E-state index contributed by atoms with van der Waals surface area (Å²) in [6.45, 7) is 2.69. The van der Waals surface area contributed by atoms with Gasteiger partial charge in [0.2, 0.25) is 5.91 Å². The minimum atomic E-state index is -3.79. The first kappa shape index (κ1) is 20.7. The maximum absolute atomic E-state index is 12.5. The van der Waals surface area contributed by atoms with Crippen LogP contribution in [0.2, 0.25) is 5.02 Å². The van der Waals surface area contributed by atoms with Crippen molar-refractivity contribution in [1.82, 2.24) is 0 Å². The fraction of sp³-hybridized carbons (Fsp3) is 0.263. The summed E-state index contributed by atoms with van der Waals surface area (Å²) in [4.78, 5) is 14.4. The topological polar surface area (TPSA) is 78.8 Å². The second-order valence-corrected chi connectivity index (χ2v) is 9.12. The zero-order chi connectivity index (χ0) is 20.1. The fourth-order valence-electron chi connectivity index (χ4n) is 2.73. The van der Waals surface area contributed by atoms with Gasteiger partial charge in [-0.2, -0.15) is 8.42 Å². The number of carbonyl (C=O) groups excluding carboxylic acids is 1. The van der Waals surface area contributed by atoms with E-state index in [-0.39, 0.29) is 16.6 Å². The Bertz CT molecular complexity index is 1010. The fourth-order valence-corrected chi connectivity index (χ4v) is 5.20. The van der Waals surface area contributed by atoms with Crippen LogP contribution in [0.1, 0.15) is 19.8 Å². The molecular formula is C19H20ClN3O3S2. The molecule has 0 radical (unpaired) electrons. The lowest BCUT2D eigenvalue weighted by atomic mass is 10.2. The molecule has 3 rings (SSSR count). The molecule has 6 nitrogen and oxygen atoms in total. The smallest absolute Gasteiger partial charge is 0.286 e. The molecule has 148 valence electrons. The molecular weight excluding hydrogens is 418 g/mol. The normalized spacial score (nSPS) is 14.9. The second kappa shape index (κ2) is 8.98. The Morgan fingerprint density at radius 1 is 1.21 bits per heavy atom. The Kier molecular flexibility index (Phi) is 6.64. The van der Waals surface area contributed by atoms with Crippen LogP contribution in [0.3, 0.4) is 0 Å². The molecule has 0 fully saturated rings. The number of anilines is 2. The molecule has 0 unspecified atom stereocenters. The second-order valence-electron chi connectivity index (χ2n) is 6.17. The molecule has 0 aromatic heterocycles. The van der Waals surface area contributed by atoms with Gasteiger partial charge in [-0.25, -0.2) is 0 Å². The summed E-state index contributed by atoms with van der Waals surface area (Å²) in [7, 11) is -3.79. The van der Waals surface area contributed by atoms with Crippen LogP contribution in [0.5, 0.6) is 0 Å². The monoisotopic (exact) mass is 437 g/mol. The van der Waals surface area contributed by atoms with Gasteiger partial charge in [-0.15, -0.1) is 4.40 Å². The number of sulfonamides is 1. The van der Waals surface area contributed by atoms with E-state index in [0.29, 0.717) is 28.1 Å². The number of hydrogen-bond acceptors (Lipinski definition) is 5. The van der Waals surface area contributed by atoms with E-state index in [4.69, 9.17) is 11.6 Å². The van der Waals surface area contributed by atoms with Crippen LogP contribution in [0.4, 0.5) is 11.4 Å². The van der Waals surface area contributed by atoms with Crippen molar-refractivity contribution in [3.8, 4) is 0 Å². The highest BCUT2D eigenvalue weighted by molar-refractivity contribution is 8.15. The summed E-state index contributed by atoms with van der Waals surface area (Å²) in [5.41, 5.74) is 1.19. The number of para-hydroxylation sites is 1. The molecule has 2 aromatic rings. The van der Waals surface area contributed by atoms with Crippen LogP contribution in [0, 0.1) is 0 Å². The number of nitrogens with zero attached hydrogens (tertiary/aromatic N) is 2. The number of benzene rings is 2. The Labute approximate surface area is 174 Å². The van der Waals surface area contributed by atoms with Crippen LogP contribution in [-0.4, -0.2) is 31.8 Å². The Balaban J connectivity index is 1.77. The predicted octanol–water partition coefficient (Wildman–Crippen LogP) is 4.38. The summed E-state index contributed by atoms with van der Waals surface area (Å²) in [5.74, 6) is -0.229. The van der Waals surface area contributed by atoms with Gasteiger partial charge in [-0.1, -0.05) is 54.9 Å². The molecule has 2 aromatic carbocycles. The van der Waals surface area contributed by atoms with Gasteiger partial charge in [-0.3, -0.25) is 4.79 Å². The summed E-state index contributed by atoms with van der Waals surface area (Å²) in [6.07, 6.45) is 1.83. The number of thioether (sulfide) groups is 1. The number of nitrogens with one attached hydrogen (secondary N) is 1. The number of amidine groups is 1. The number of carbonyl (C=O) groups is 1. The van der Waals surface area contributed by atoms with E-state index in [1.807, 2.05) is 4.90 Å². The highest BCUT2D eigenvalue weighted by Crippen LogP contribution is 2.34. The predicted molar refractivity (Wildman–Crippen MR) is 116 cm³/mol. The Morgan fingerprint density at radius 3 is 2.75 bits per heavy atom. The minimum absolute atomic E-state index is 0.0334. The number of halogens is 1. The van der Waals surface area contributed by atoms with E-state index in [2.05, 4.69) is 16.6 Å². The standard InChI is InChI=1S/C19H20ClN3O3S2/c1-2-3-11-23-16-9-4-5-10-17(16)28(25,26)22-19(23)27-13-18(24)21-15-8-6-7-14(20)12-15/h4-10,12H,2-3,11,13H2,1H3,(H,21,24). The first-order valence-electron chi connectivity index (χ1n) is 8.80. The maximum atomic E-state index is 12.5. The quantitative estimate of drug-likeness (QED) is 0.725. The van der Waals surface area contributed by atoms with Crippen molar-refractivity contribution in [1.29, 1.82) is 0 Å². The Morgan fingerprint density at radius 2 is 2.00 bits per heavy atom. The number of rotatable bonds is 6. The summed E-state index contributed by atoms with van der Waals surface area (Å²) in [5, 5.41) is 3.59. The number of hydrogen-bond donors (Lipinski definition) is 1. The molecule has 0 aliphatic carbocycles. The van der Waals surface area contributed by atoms with E-state index >= 15 is 0 Å². The number of unbranched alkanes of at least 4 members (excludes halogenated alkanes) is 1. The van der Waals surface area contributed by atoms with Crippen molar-refractivity contribution in [2.24, 2.45) is 4.40 Å². The lowest BCUT2D eigenvalue weighted by Gasteiger charge is -2.30. The molecule has 1 aliphatic heterocycles. The van der Waals surface area contributed by atoms with E-state index in [1.165, 1.54) is 0 Å². The van der Waals surface area contributed by atoms with Gasteiger partial charge in [0.1, 0.15) is 4.90 Å². The molecule has 28 heavy (non-hydrogen) atoms. The first-order valence-corrected chi connectivity index (χ1v) is 11.6. The maximum Gasteiger partial charge on any atom is 0.286 e. The van der Waals surface area contributed by atoms with Crippen molar-refractivity contribution < 1.29 is 13.2 Å². The average Bonchev–Trinajstić information content (AvgIpc) is 2.66. The third-order valence-corrected chi connectivity index (χ3v) is 6.68. The molecule has 0 spiro atoms. The largest absolute Gasteiger partial charge is 0.325 e. The molecule has 1 aliphatic rings. The van der Waals surface area contributed by atoms with Crippen LogP contribution in [0.15, 0.2) is 57.8 Å². The van der Waals surface area contributed by atoms with Crippen LogP contribution in [0.25, 0.3) is 0 Å². The van der Waals surface area contributed by atoms with E-state index < -0.39 is 10.0 Å². The van der Waals surface area contributed by atoms with Crippen molar-refractivity contribution in [3.63, 3.8) is 0 Å². The molecule has 0 saturated heterocycles. The van der Waals surface area contributed by atoms with Gasteiger partial charge in [0.15, 0.2) is 5.17 Å². The SMILES string of the molecule is CCCCN1C(SCC(=O)Nc2cccc(Cl)c2)=NS(=O)(=O)c2ccccc21. The van der Waals surface area contributed by atoms with Crippen LogP contribution >= 0.6 is 23.4 Å². The van der Waals surface area contributed by atoms with Crippen LogP contribution in [-0.2, 0) is 14.8 Å². The first-order chi connectivity index (χ1) is 13.4. The summed E-state index contributed by atoms with van der Waals surface area (Å²) >= 11 is 7.03. The van der Waals surface area contributed by atoms with E-state index in [1.54, 1.807) is 48.5 Å². The zero-order valence-electron chi connectivity index (χ0n) is 15.3. The van der Waals surface area contributed by atoms with Gasteiger partial charge in [0.05, 0.1) is 11.4 Å². The van der Waals surface area contributed by atoms with Gasteiger partial charge < -0.3 is 10.2 Å². The Hall–Kier alpha value is -2.03. The zero-order valence-corrected chi connectivity index (χ0v) is 17.6. The van der Waals surface area contributed by atoms with Gasteiger partial charge in [0.25, 0.3) is 10.0 Å². The lowest BCUT2D eigenvalue weighted by molar-refractivity contribution is -0.113. The lowest BCUT2D eigenvalue weighted by Crippen LogP contribution is -2.35. The molecule has 0 saturated carbocycles. The minimum Gasteiger partial charge on any atom is -0.325 e. The van der Waals surface area contributed by atoms with Gasteiger partial charge >= 0.3 is 0 Å². The van der Waals surface area contributed by atoms with Gasteiger partial charge in [-0.05, 0) is 36.8 Å². The molecule has 1 heterocycles. The molecule has 1 amide bonds. The third kappa shape index (κ3) is 4.87. The number of fused-ring (bicyclic) bond motifs is 1. The number of amides is 1. The molecule has 0 atom stereocenters. The highest BCUT2D eigenvalue weighted by atomic mass is 35.5. The van der Waals surface area contributed by atoms with Crippen molar-refractivity contribution in [2.75, 3.05) is 22.5 Å². The highest BCUT2D eigenvalue weighted by Gasteiger charge is 2.30. The van der Waals surface area contributed by atoms with Gasteiger partial charge in [0, 0.05) is 17.3 Å². The van der Waals surface area contributed by atoms with Crippen molar-refractivity contribution in [2.45, 2.75) is 24.7 Å². The van der Waals surface area contributed by atoms with Crippen LogP contribution < -0.4 is 10.2 Å². The molecule has 1 N–H and O–H groups in total. The average molecular weight is 438 g/mol. The van der Waals surface area contributed by atoms with Crippen molar-refractivity contribution in [3.05, 3.63) is 53.6 Å². The molecule has 9 heteroatoms. The molecule has 0 bridgehead atoms. The van der Waals surface area contributed by atoms with Crippen molar-refractivity contribution >= 4 is 55.8 Å². The summed E-state index contributed by atoms with van der Waals surface area (Å²) < 4.78 is 29.0. The third-order valence-electron chi connectivity index (χ3n) is 4.04.